The van der Waals surface area contributed by atoms with Crippen LogP contribution in [0.1, 0.15) is 32.6 Å². The van der Waals surface area contributed by atoms with Gasteiger partial charge in [-0.2, -0.15) is 4.98 Å². The summed E-state index contributed by atoms with van der Waals surface area (Å²) in [5, 5.41) is 0.590. The molecule has 1 aliphatic rings. The zero-order chi connectivity index (χ0) is 12.3. The Hall–Kier alpha value is -1.07. The number of hydrogen-bond donors (Lipinski definition) is 2. The van der Waals surface area contributed by atoms with Gasteiger partial charge in [0.05, 0.1) is 6.20 Å². The van der Waals surface area contributed by atoms with E-state index in [1.807, 2.05) is 0 Å². The predicted molar refractivity (Wildman–Crippen MR) is 70.1 cm³/mol. The minimum absolute atomic E-state index is 0.409. The molecular weight excluding hydrogens is 238 g/mol. The van der Waals surface area contributed by atoms with Gasteiger partial charge in [-0.1, -0.05) is 24.9 Å². The Morgan fingerprint density at radius 1 is 1.59 bits per heavy atom. The second kappa shape index (κ2) is 5.51. The van der Waals surface area contributed by atoms with E-state index in [4.69, 9.17) is 17.4 Å². The van der Waals surface area contributed by atoms with Gasteiger partial charge in [0.25, 0.3) is 0 Å². The second-order valence-corrected chi connectivity index (χ2v) is 4.69. The molecule has 1 heterocycles. The van der Waals surface area contributed by atoms with Crippen molar-refractivity contribution >= 4 is 23.4 Å². The first-order chi connectivity index (χ1) is 8.26. The fourth-order valence-corrected chi connectivity index (χ4v) is 2.00. The maximum atomic E-state index is 6.16. The summed E-state index contributed by atoms with van der Waals surface area (Å²) in [6, 6.07) is 0.583. The highest BCUT2D eigenvalue weighted by atomic mass is 35.5. The summed E-state index contributed by atoms with van der Waals surface area (Å²) < 4.78 is 0. The Morgan fingerprint density at radius 2 is 2.35 bits per heavy atom. The van der Waals surface area contributed by atoms with E-state index in [0.717, 1.165) is 25.2 Å². The predicted octanol–water partition coefficient (Wildman–Crippen LogP) is 2.18. The van der Waals surface area contributed by atoms with Crippen molar-refractivity contribution in [1.82, 2.24) is 9.97 Å². The lowest BCUT2D eigenvalue weighted by Crippen LogP contribution is -2.28. The molecule has 5 nitrogen and oxygen atoms in total. The monoisotopic (exact) mass is 255 g/mol. The number of nitrogens with zero attached hydrogens (tertiary/aromatic N) is 3. The van der Waals surface area contributed by atoms with Gasteiger partial charge in [-0.15, -0.1) is 0 Å². The van der Waals surface area contributed by atoms with Crippen molar-refractivity contribution < 1.29 is 0 Å². The summed E-state index contributed by atoms with van der Waals surface area (Å²) in [7, 11) is 0. The Morgan fingerprint density at radius 3 is 2.94 bits per heavy atom. The molecule has 1 aromatic rings. The highest BCUT2D eigenvalue weighted by molar-refractivity contribution is 6.32. The number of unbranched alkanes of at least 4 members (excludes halogenated alkanes) is 1. The van der Waals surface area contributed by atoms with E-state index in [1.54, 1.807) is 6.20 Å². The Kier molecular flexibility index (Phi) is 4.02. The third kappa shape index (κ3) is 2.98. The van der Waals surface area contributed by atoms with Crippen LogP contribution in [0.3, 0.4) is 0 Å². The number of rotatable bonds is 6. The lowest BCUT2D eigenvalue weighted by atomic mass is 10.3. The molecule has 0 saturated heterocycles. The summed E-state index contributed by atoms with van der Waals surface area (Å²) in [5.41, 5.74) is 2.46. The topological polar surface area (TPSA) is 67.1 Å². The highest BCUT2D eigenvalue weighted by Crippen LogP contribution is 2.34. The molecule has 17 heavy (non-hydrogen) atoms. The fourth-order valence-electron chi connectivity index (χ4n) is 1.81. The largest absolute Gasteiger partial charge is 0.352 e. The van der Waals surface area contributed by atoms with Crippen LogP contribution in [0.25, 0.3) is 0 Å². The maximum Gasteiger partial charge on any atom is 0.239 e. The number of hydrazine groups is 1. The van der Waals surface area contributed by atoms with E-state index in [2.05, 4.69) is 27.2 Å². The van der Waals surface area contributed by atoms with Crippen LogP contribution in [0, 0.1) is 0 Å². The molecular formula is C11H18ClN5. The highest BCUT2D eigenvalue weighted by Gasteiger charge is 2.31. The van der Waals surface area contributed by atoms with Gasteiger partial charge in [0, 0.05) is 12.6 Å². The summed E-state index contributed by atoms with van der Waals surface area (Å²) in [6.45, 7) is 3.17. The SMILES string of the molecule is CCCCN(c1nc(NN)ncc1Cl)C1CC1. The van der Waals surface area contributed by atoms with Crippen LogP contribution in [0.5, 0.6) is 0 Å². The molecule has 1 fully saturated rings. The smallest absolute Gasteiger partial charge is 0.239 e. The zero-order valence-electron chi connectivity index (χ0n) is 9.99. The van der Waals surface area contributed by atoms with Crippen LogP contribution in [0.4, 0.5) is 11.8 Å². The van der Waals surface area contributed by atoms with Crippen molar-refractivity contribution in [1.29, 1.82) is 0 Å². The van der Waals surface area contributed by atoms with Crippen LogP contribution < -0.4 is 16.2 Å². The number of nitrogens with one attached hydrogen (secondary N) is 1. The van der Waals surface area contributed by atoms with Crippen LogP contribution in [0.2, 0.25) is 5.02 Å². The first-order valence-electron chi connectivity index (χ1n) is 6.02. The van der Waals surface area contributed by atoms with Gasteiger partial charge in [0.2, 0.25) is 5.95 Å². The number of halogens is 1. The molecule has 0 aromatic carbocycles. The molecule has 0 radical (unpaired) electrons. The Labute approximate surface area is 106 Å². The van der Waals surface area contributed by atoms with Gasteiger partial charge in [0.15, 0.2) is 5.82 Å². The van der Waals surface area contributed by atoms with Gasteiger partial charge >= 0.3 is 0 Å². The molecule has 1 saturated carbocycles. The standard InChI is InChI=1S/C11H18ClN5/c1-2-3-6-17(8-4-5-8)10-9(12)7-14-11(15-10)16-13/h7-8H,2-6,13H2,1H3,(H,14,15,16). The van der Waals surface area contributed by atoms with Crippen LogP contribution >= 0.6 is 11.6 Å². The third-order valence-corrected chi connectivity index (χ3v) is 3.13. The normalized spacial score (nSPS) is 14.8. The number of nitrogens with two attached hydrogens (primary N) is 1. The van der Waals surface area contributed by atoms with Crippen molar-refractivity contribution in [3.05, 3.63) is 11.2 Å². The minimum Gasteiger partial charge on any atom is -0.352 e. The minimum atomic E-state index is 0.409. The molecule has 1 aliphatic carbocycles. The maximum absolute atomic E-state index is 6.16. The van der Waals surface area contributed by atoms with Crippen molar-refractivity contribution in [3.8, 4) is 0 Å². The molecule has 0 unspecified atom stereocenters. The van der Waals surface area contributed by atoms with Crippen LogP contribution in [-0.4, -0.2) is 22.6 Å². The van der Waals surface area contributed by atoms with E-state index in [-0.39, 0.29) is 0 Å². The number of anilines is 2. The first kappa shape index (κ1) is 12.4. The zero-order valence-corrected chi connectivity index (χ0v) is 10.7. The number of nitrogen functional groups attached to an aromatic ring is 1. The average molecular weight is 256 g/mol. The quantitative estimate of drug-likeness (QED) is 0.603. The molecule has 0 aliphatic heterocycles. The lowest BCUT2D eigenvalue weighted by Gasteiger charge is -2.24. The molecule has 1 aromatic heterocycles. The molecule has 6 heteroatoms. The van der Waals surface area contributed by atoms with Gasteiger partial charge in [-0.3, -0.25) is 5.43 Å². The summed E-state index contributed by atoms with van der Waals surface area (Å²) in [6.07, 6.45) is 6.33. The van der Waals surface area contributed by atoms with Gasteiger partial charge in [-0.05, 0) is 19.3 Å². The Bertz CT molecular complexity index is 380. The molecule has 0 amide bonds. The van der Waals surface area contributed by atoms with E-state index in [0.29, 0.717) is 17.0 Å². The molecule has 2 rings (SSSR count). The number of aromatic nitrogens is 2. The van der Waals surface area contributed by atoms with E-state index in [1.165, 1.54) is 12.8 Å². The number of hydrogen-bond acceptors (Lipinski definition) is 5. The van der Waals surface area contributed by atoms with E-state index >= 15 is 0 Å². The van der Waals surface area contributed by atoms with Crippen molar-refractivity contribution in [2.45, 2.75) is 38.6 Å². The van der Waals surface area contributed by atoms with Gasteiger partial charge in [-0.25, -0.2) is 10.8 Å². The Balaban J connectivity index is 2.21. The van der Waals surface area contributed by atoms with Crippen molar-refractivity contribution in [2.24, 2.45) is 5.84 Å². The lowest BCUT2D eigenvalue weighted by molar-refractivity contribution is 0.704. The molecule has 3 N–H and O–H groups in total. The summed E-state index contributed by atoms with van der Waals surface area (Å²) in [5.74, 6) is 6.53. The molecule has 0 bridgehead atoms. The van der Waals surface area contributed by atoms with Crippen molar-refractivity contribution in [3.63, 3.8) is 0 Å². The third-order valence-electron chi connectivity index (χ3n) is 2.87. The van der Waals surface area contributed by atoms with E-state index in [9.17, 15) is 0 Å². The fraction of sp³-hybridized carbons (Fsp3) is 0.636. The first-order valence-corrected chi connectivity index (χ1v) is 6.39. The summed E-state index contributed by atoms with van der Waals surface area (Å²) >= 11 is 6.16. The average Bonchev–Trinajstić information content (AvgIpc) is 3.16. The van der Waals surface area contributed by atoms with E-state index < -0.39 is 0 Å². The van der Waals surface area contributed by atoms with Crippen LogP contribution in [-0.2, 0) is 0 Å². The van der Waals surface area contributed by atoms with Crippen LogP contribution in [0.15, 0.2) is 6.20 Å². The molecule has 94 valence electrons. The second-order valence-electron chi connectivity index (χ2n) is 4.29. The summed E-state index contributed by atoms with van der Waals surface area (Å²) in [4.78, 5) is 10.6. The molecule has 0 atom stereocenters. The van der Waals surface area contributed by atoms with Gasteiger partial charge in [0.1, 0.15) is 5.02 Å². The molecule has 0 spiro atoms. The van der Waals surface area contributed by atoms with Crippen molar-refractivity contribution in [2.75, 3.05) is 16.9 Å². The van der Waals surface area contributed by atoms with Gasteiger partial charge < -0.3 is 4.90 Å².